The van der Waals surface area contributed by atoms with Gasteiger partial charge in [-0.05, 0) is 96.8 Å². The summed E-state index contributed by atoms with van der Waals surface area (Å²) >= 11 is 2.21. The van der Waals surface area contributed by atoms with Crippen LogP contribution in [-0.2, 0) is 0 Å². The Kier molecular flexibility index (Phi) is 8.22. The highest BCUT2D eigenvalue weighted by Crippen LogP contribution is 2.66. The molecule has 0 saturated carbocycles. The number of aryl methyl sites for hydroxylation is 2. The Balaban J connectivity index is 0.987. The average molecular weight is 851 g/mol. The summed E-state index contributed by atoms with van der Waals surface area (Å²) in [7, 11) is 0. The number of alkyl halides is 6. The van der Waals surface area contributed by atoms with Crippen molar-refractivity contribution in [1.82, 2.24) is 9.13 Å². The number of halogens is 6. The zero-order chi connectivity index (χ0) is 42.0. The van der Waals surface area contributed by atoms with Gasteiger partial charge in [0.05, 0.1) is 22.1 Å². The maximum atomic E-state index is 16.1. The fourth-order valence-electron chi connectivity index (χ4n) is 9.13. The summed E-state index contributed by atoms with van der Waals surface area (Å²) in [4.78, 5) is 1.45. The molecule has 0 aliphatic heterocycles. The number of aromatic nitrogens is 2. The molecule has 0 fully saturated rings. The Hall–Kier alpha value is -6.36. The van der Waals surface area contributed by atoms with Gasteiger partial charge in [0.2, 0.25) is 0 Å². The van der Waals surface area contributed by atoms with E-state index in [4.69, 9.17) is 0 Å². The lowest BCUT2D eigenvalue weighted by molar-refractivity contribution is -0.254. The predicted molar refractivity (Wildman–Crippen MR) is 239 cm³/mol. The highest BCUT2D eigenvalue weighted by molar-refractivity contribution is 7.16. The molecule has 10 heteroatoms. The molecule has 1 aliphatic carbocycles. The van der Waals surface area contributed by atoms with Crippen molar-refractivity contribution in [3.05, 3.63) is 179 Å². The summed E-state index contributed by atoms with van der Waals surface area (Å²) in [5, 5.41) is 4.38. The number of para-hydroxylation sites is 4. The van der Waals surface area contributed by atoms with Crippen LogP contribution in [0.1, 0.15) is 20.9 Å². The Morgan fingerprint density at radius 1 is 0.393 bits per heavy atom. The Bertz CT molecular complexity index is 3090. The lowest BCUT2D eigenvalue weighted by Crippen LogP contribution is -2.48. The summed E-state index contributed by atoms with van der Waals surface area (Å²) in [5.74, 6) is -16.0. The van der Waals surface area contributed by atoms with Crippen LogP contribution in [0.5, 0.6) is 0 Å². The van der Waals surface area contributed by atoms with Crippen molar-refractivity contribution in [2.75, 3.05) is 0 Å². The quantitative estimate of drug-likeness (QED) is 0.148. The Morgan fingerprint density at radius 3 is 1.00 bits per heavy atom. The van der Waals surface area contributed by atoms with E-state index in [0.717, 1.165) is 77.7 Å². The normalized spacial score (nSPS) is 15.9. The second kappa shape index (κ2) is 13.3. The van der Waals surface area contributed by atoms with Crippen molar-refractivity contribution in [1.29, 1.82) is 0 Å². The molecule has 0 spiro atoms. The van der Waals surface area contributed by atoms with Crippen LogP contribution in [0.15, 0.2) is 158 Å². The number of hydrogen-bond acceptors (Lipinski definition) is 2. The van der Waals surface area contributed by atoms with Crippen molar-refractivity contribution in [3.8, 4) is 32.3 Å². The summed E-state index contributed by atoms with van der Waals surface area (Å²) in [6.07, 6.45) is 0. The first-order valence-electron chi connectivity index (χ1n) is 19.6. The second-order valence-corrected chi connectivity index (χ2v) is 18.0. The highest BCUT2D eigenvalue weighted by Gasteiger charge is 2.80. The number of hydrogen-bond donors (Lipinski definition) is 0. The molecule has 11 rings (SSSR count). The number of allylic oxidation sites excluding steroid dienone is 2. The SMILES string of the molecule is Cc1sc(-c2ccc(-n3c4ccccc4c4ccccc43)cc2)cc1C1=C(c2cc(-c3ccc(-n4c5ccccc5c5ccccc54)cc3)sc2C)C(F)(F)C(F)(F)C1(F)F. The molecule has 0 radical (unpaired) electrons. The average Bonchev–Trinajstić information content (AvgIpc) is 4.04. The highest BCUT2D eigenvalue weighted by atomic mass is 32.1. The van der Waals surface area contributed by atoms with Gasteiger partial charge in [-0.3, -0.25) is 0 Å². The fourth-order valence-corrected chi connectivity index (χ4v) is 11.2. The van der Waals surface area contributed by atoms with E-state index in [1.807, 2.05) is 121 Å². The zero-order valence-electron chi connectivity index (χ0n) is 32.5. The minimum atomic E-state index is -5.67. The first-order valence-corrected chi connectivity index (χ1v) is 21.3. The molecule has 0 bridgehead atoms. The third kappa shape index (κ3) is 5.34. The van der Waals surface area contributed by atoms with Gasteiger partial charge >= 0.3 is 17.8 Å². The Labute approximate surface area is 353 Å². The molecule has 0 saturated heterocycles. The van der Waals surface area contributed by atoms with Crippen LogP contribution in [0.3, 0.4) is 0 Å². The molecule has 4 heterocycles. The molecule has 0 amide bonds. The van der Waals surface area contributed by atoms with Gasteiger partial charge in [-0.2, -0.15) is 26.3 Å². The molecule has 1 aliphatic rings. The molecule has 0 N–H and O–H groups in total. The molecule has 300 valence electrons. The van der Waals surface area contributed by atoms with Crippen molar-refractivity contribution in [2.24, 2.45) is 0 Å². The van der Waals surface area contributed by atoms with Crippen molar-refractivity contribution in [2.45, 2.75) is 31.6 Å². The van der Waals surface area contributed by atoms with E-state index in [9.17, 15) is 0 Å². The van der Waals surface area contributed by atoms with Crippen molar-refractivity contribution < 1.29 is 26.3 Å². The zero-order valence-corrected chi connectivity index (χ0v) is 34.1. The van der Waals surface area contributed by atoms with E-state index in [-0.39, 0.29) is 20.9 Å². The standard InChI is InChI=1S/C51H32F6N2S2/c1-29-39(27-45(60-29)31-19-23-33(24-20-31)58-41-15-7-3-11-35(41)36-12-4-8-16-42(36)58)47-48(50(54,55)51(56,57)49(47,52)53)40-28-46(61-30(40)2)32-21-25-34(26-22-32)59-43-17-9-5-13-37(43)38-14-6-10-18-44(38)59/h3-28H,1-2H3. The third-order valence-electron chi connectivity index (χ3n) is 12.0. The van der Waals surface area contributed by atoms with Crippen LogP contribution in [0.25, 0.3) is 87.0 Å². The van der Waals surface area contributed by atoms with Crippen LogP contribution in [0, 0.1) is 13.8 Å². The first kappa shape index (κ1) is 37.6. The number of fused-ring (bicyclic) bond motifs is 6. The molecule has 6 aromatic carbocycles. The number of benzene rings is 6. The molecular weight excluding hydrogens is 819 g/mol. The van der Waals surface area contributed by atoms with Crippen LogP contribution in [0.2, 0.25) is 0 Å². The van der Waals surface area contributed by atoms with Gasteiger partial charge in [0, 0.05) is 63.6 Å². The second-order valence-electron chi connectivity index (χ2n) is 15.5. The van der Waals surface area contributed by atoms with Gasteiger partial charge in [0.25, 0.3) is 0 Å². The fraction of sp³-hybridized carbons (Fsp3) is 0.0980. The predicted octanol–water partition coefficient (Wildman–Crippen LogP) is 15.8. The molecule has 4 aromatic heterocycles. The van der Waals surface area contributed by atoms with Gasteiger partial charge in [-0.1, -0.05) is 97.1 Å². The largest absolute Gasteiger partial charge is 0.380 e. The molecule has 61 heavy (non-hydrogen) atoms. The molecule has 2 nitrogen and oxygen atoms in total. The topological polar surface area (TPSA) is 9.86 Å². The summed E-state index contributed by atoms with van der Waals surface area (Å²) in [5.41, 5.74) is 3.77. The minimum Gasteiger partial charge on any atom is -0.309 e. The maximum absolute atomic E-state index is 16.1. The van der Waals surface area contributed by atoms with E-state index in [1.54, 1.807) is 0 Å². The molecule has 10 aromatic rings. The van der Waals surface area contributed by atoms with Gasteiger partial charge in [0.15, 0.2) is 0 Å². The van der Waals surface area contributed by atoms with Crippen LogP contribution in [0.4, 0.5) is 26.3 Å². The lowest BCUT2D eigenvalue weighted by atomic mass is 9.94. The monoisotopic (exact) mass is 850 g/mol. The lowest BCUT2D eigenvalue weighted by Gasteiger charge is -2.25. The number of thiophene rings is 2. The smallest absolute Gasteiger partial charge is 0.309 e. The first-order chi connectivity index (χ1) is 29.4. The van der Waals surface area contributed by atoms with E-state index in [1.165, 1.54) is 26.0 Å². The maximum Gasteiger partial charge on any atom is 0.380 e. The summed E-state index contributed by atoms with van der Waals surface area (Å²) in [6.45, 7) is 3.02. The van der Waals surface area contributed by atoms with Gasteiger partial charge < -0.3 is 9.13 Å². The third-order valence-corrected chi connectivity index (χ3v) is 14.2. The number of nitrogens with zero attached hydrogens (tertiary/aromatic N) is 2. The molecule has 0 atom stereocenters. The van der Waals surface area contributed by atoms with Crippen LogP contribution < -0.4 is 0 Å². The van der Waals surface area contributed by atoms with E-state index in [0.29, 0.717) is 20.9 Å². The minimum absolute atomic E-state index is 0.232. The summed E-state index contributed by atoms with van der Waals surface area (Å²) < 4.78 is 99.9. The summed E-state index contributed by atoms with van der Waals surface area (Å²) in [6, 6.07) is 50.0. The van der Waals surface area contributed by atoms with Crippen molar-refractivity contribution >= 4 is 77.4 Å². The van der Waals surface area contributed by atoms with Gasteiger partial charge in [0.1, 0.15) is 0 Å². The van der Waals surface area contributed by atoms with E-state index in [2.05, 4.69) is 33.4 Å². The van der Waals surface area contributed by atoms with Crippen LogP contribution in [-0.4, -0.2) is 26.9 Å². The van der Waals surface area contributed by atoms with Gasteiger partial charge in [-0.15, -0.1) is 22.7 Å². The molecule has 0 unspecified atom stereocenters. The van der Waals surface area contributed by atoms with Crippen molar-refractivity contribution in [3.63, 3.8) is 0 Å². The number of rotatable bonds is 6. The van der Waals surface area contributed by atoms with Gasteiger partial charge in [-0.25, -0.2) is 0 Å². The van der Waals surface area contributed by atoms with E-state index < -0.39 is 28.9 Å². The van der Waals surface area contributed by atoms with E-state index >= 15 is 26.3 Å². The Morgan fingerprint density at radius 2 is 0.689 bits per heavy atom. The molecular formula is C51H32F6N2S2. The van der Waals surface area contributed by atoms with Crippen LogP contribution >= 0.6 is 22.7 Å².